The van der Waals surface area contributed by atoms with Crippen molar-refractivity contribution in [3.63, 3.8) is 0 Å². The van der Waals surface area contributed by atoms with Crippen molar-refractivity contribution in [2.75, 3.05) is 13.7 Å². The predicted octanol–water partition coefficient (Wildman–Crippen LogP) is 0.724. The molecule has 0 aliphatic heterocycles. The lowest BCUT2D eigenvalue weighted by atomic mass is 10.3. The molecule has 0 aliphatic rings. The third-order valence-corrected chi connectivity index (χ3v) is 4.16. The van der Waals surface area contributed by atoms with Crippen molar-refractivity contribution in [1.82, 2.24) is 19.9 Å². The fraction of sp³-hybridized carbons (Fsp3) is 0.333. The van der Waals surface area contributed by atoms with E-state index in [2.05, 4.69) is 19.9 Å². The SMILES string of the molecule is COc1cccc(S(=O)(=O)NCCCc2ncn[nH]2)c1. The number of aromatic nitrogens is 3. The Morgan fingerprint density at radius 3 is 2.95 bits per heavy atom. The summed E-state index contributed by atoms with van der Waals surface area (Å²) in [6.07, 6.45) is 2.70. The maximum Gasteiger partial charge on any atom is 0.240 e. The molecule has 0 unspecified atom stereocenters. The summed E-state index contributed by atoms with van der Waals surface area (Å²) in [5, 5.41) is 6.45. The molecule has 0 saturated carbocycles. The largest absolute Gasteiger partial charge is 0.497 e. The maximum absolute atomic E-state index is 12.1. The number of aromatic amines is 1. The van der Waals surface area contributed by atoms with Gasteiger partial charge < -0.3 is 4.74 Å². The molecule has 8 heteroatoms. The van der Waals surface area contributed by atoms with Gasteiger partial charge in [-0.3, -0.25) is 5.10 Å². The summed E-state index contributed by atoms with van der Waals surface area (Å²) in [6.45, 7) is 0.334. The molecular weight excluding hydrogens is 280 g/mol. The number of rotatable bonds is 7. The van der Waals surface area contributed by atoms with E-state index in [-0.39, 0.29) is 4.90 Å². The van der Waals surface area contributed by atoms with E-state index in [0.29, 0.717) is 25.1 Å². The first kappa shape index (κ1) is 14.5. The van der Waals surface area contributed by atoms with Crippen LogP contribution in [0.25, 0.3) is 0 Å². The molecule has 2 N–H and O–H groups in total. The van der Waals surface area contributed by atoms with Crippen molar-refractivity contribution >= 4 is 10.0 Å². The average Bonchev–Trinajstić information content (AvgIpc) is 2.97. The Balaban J connectivity index is 1.90. The number of sulfonamides is 1. The molecule has 1 aromatic carbocycles. The fourth-order valence-corrected chi connectivity index (χ4v) is 2.77. The second-order valence-corrected chi connectivity index (χ2v) is 5.88. The van der Waals surface area contributed by atoms with Gasteiger partial charge in [-0.1, -0.05) is 6.07 Å². The first-order valence-corrected chi connectivity index (χ1v) is 7.58. The van der Waals surface area contributed by atoms with Crippen LogP contribution >= 0.6 is 0 Å². The highest BCUT2D eigenvalue weighted by Gasteiger charge is 2.13. The van der Waals surface area contributed by atoms with Gasteiger partial charge in [0.25, 0.3) is 0 Å². The summed E-state index contributed by atoms with van der Waals surface area (Å²) in [6, 6.07) is 6.35. The lowest BCUT2D eigenvalue weighted by Crippen LogP contribution is -2.25. The molecule has 0 aliphatic carbocycles. The number of nitrogens with one attached hydrogen (secondary N) is 2. The third kappa shape index (κ3) is 3.78. The first-order chi connectivity index (χ1) is 9.62. The molecule has 7 nitrogen and oxygen atoms in total. The van der Waals surface area contributed by atoms with E-state index in [1.54, 1.807) is 12.1 Å². The molecule has 0 amide bonds. The Kier molecular flexibility index (Phi) is 4.70. The van der Waals surface area contributed by atoms with Gasteiger partial charge in [-0.2, -0.15) is 5.10 Å². The van der Waals surface area contributed by atoms with E-state index in [0.717, 1.165) is 5.82 Å². The summed E-state index contributed by atoms with van der Waals surface area (Å²) in [5.74, 6) is 1.25. The van der Waals surface area contributed by atoms with Gasteiger partial charge in [0.05, 0.1) is 12.0 Å². The number of methoxy groups -OCH3 is 1. The van der Waals surface area contributed by atoms with Gasteiger partial charge in [-0.15, -0.1) is 0 Å². The molecule has 0 spiro atoms. The number of aryl methyl sites for hydroxylation is 1. The van der Waals surface area contributed by atoms with Crippen molar-refractivity contribution in [1.29, 1.82) is 0 Å². The number of hydrogen-bond acceptors (Lipinski definition) is 5. The smallest absolute Gasteiger partial charge is 0.240 e. The Bertz CT molecular complexity index is 640. The van der Waals surface area contributed by atoms with Crippen molar-refractivity contribution in [2.24, 2.45) is 0 Å². The maximum atomic E-state index is 12.1. The minimum Gasteiger partial charge on any atom is -0.497 e. The van der Waals surface area contributed by atoms with Crippen molar-refractivity contribution in [3.05, 3.63) is 36.4 Å². The molecule has 0 fully saturated rings. The predicted molar refractivity (Wildman–Crippen MR) is 72.9 cm³/mol. The minimum absolute atomic E-state index is 0.191. The third-order valence-electron chi connectivity index (χ3n) is 2.70. The summed E-state index contributed by atoms with van der Waals surface area (Å²) in [4.78, 5) is 4.16. The van der Waals surface area contributed by atoms with Gasteiger partial charge >= 0.3 is 0 Å². The molecule has 2 rings (SSSR count). The Labute approximate surface area is 117 Å². The number of nitrogens with zero attached hydrogens (tertiary/aromatic N) is 2. The highest BCUT2D eigenvalue weighted by molar-refractivity contribution is 7.89. The van der Waals surface area contributed by atoms with Gasteiger partial charge in [0.2, 0.25) is 10.0 Å². The molecule has 0 saturated heterocycles. The van der Waals surface area contributed by atoms with Gasteiger partial charge in [0.1, 0.15) is 17.9 Å². The van der Waals surface area contributed by atoms with Crippen LogP contribution in [0.4, 0.5) is 0 Å². The highest BCUT2D eigenvalue weighted by Crippen LogP contribution is 2.16. The Hall–Kier alpha value is -1.93. The monoisotopic (exact) mass is 296 g/mol. The molecular formula is C12H16N4O3S. The molecule has 0 radical (unpaired) electrons. The van der Waals surface area contributed by atoms with Crippen LogP contribution in [0.2, 0.25) is 0 Å². The molecule has 1 heterocycles. The molecule has 2 aromatic rings. The van der Waals surface area contributed by atoms with Crippen LogP contribution in [-0.4, -0.2) is 37.3 Å². The van der Waals surface area contributed by atoms with E-state index in [9.17, 15) is 8.42 Å². The van der Waals surface area contributed by atoms with Crippen LogP contribution in [0.5, 0.6) is 5.75 Å². The molecule has 0 bridgehead atoms. The lowest BCUT2D eigenvalue weighted by molar-refractivity contribution is 0.413. The lowest BCUT2D eigenvalue weighted by Gasteiger charge is -2.07. The summed E-state index contributed by atoms with van der Waals surface area (Å²) < 4.78 is 31.7. The zero-order valence-electron chi connectivity index (χ0n) is 11.0. The van der Waals surface area contributed by atoms with Gasteiger partial charge in [0, 0.05) is 19.0 Å². The van der Waals surface area contributed by atoms with Crippen molar-refractivity contribution in [2.45, 2.75) is 17.7 Å². The van der Waals surface area contributed by atoms with E-state index < -0.39 is 10.0 Å². The molecule has 108 valence electrons. The van der Waals surface area contributed by atoms with E-state index in [1.165, 1.54) is 25.6 Å². The van der Waals surface area contributed by atoms with Crippen molar-refractivity contribution in [3.8, 4) is 5.75 Å². The van der Waals surface area contributed by atoms with Gasteiger partial charge in [-0.05, 0) is 18.6 Å². The summed E-state index contributed by atoms with van der Waals surface area (Å²) in [5.41, 5.74) is 0. The van der Waals surface area contributed by atoms with Crippen LogP contribution in [0.3, 0.4) is 0 Å². The average molecular weight is 296 g/mol. The zero-order valence-corrected chi connectivity index (χ0v) is 11.9. The van der Waals surface area contributed by atoms with Crippen molar-refractivity contribution < 1.29 is 13.2 Å². The normalized spacial score (nSPS) is 11.4. The molecule has 1 aromatic heterocycles. The standard InChI is InChI=1S/C12H16N4O3S/c1-19-10-4-2-5-11(8-10)20(17,18)15-7-3-6-12-13-9-14-16-12/h2,4-5,8-9,15H,3,6-7H2,1H3,(H,13,14,16). The highest BCUT2D eigenvalue weighted by atomic mass is 32.2. The Morgan fingerprint density at radius 2 is 2.25 bits per heavy atom. The fourth-order valence-electron chi connectivity index (χ4n) is 1.67. The summed E-state index contributed by atoms with van der Waals surface area (Å²) >= 11 is 0. The zero-order chi connectivity index (χ0) is 14.4. The Morgan fingerprint density at radius 1 is 1.40 bits per heavy atom. The quantitative estimate of drug-likeness (QED) is 0.734. The first-order valence-electron chi connectivity index (χ1n) is 6.10. The van der Waals surface area contributed by atoms with E-state index in [1.807, 2.05) is 0 Å². The summed E-state index contributed by atoms with van der Waals surface area (Å²) in [7, 11) is -2.01. The number of benzene rings is 1. The van der Waals surface area contributed by atoms with Crippen LogP contribution in [0.1, 0.15) is 12.2 Å². The number of hydrogen-bond donors (Lipinski definition) is 2. The molecule has 0 atom stereocenters. The van der Waals surface area contributed by atoms with E-state index in [4.69, 9.17) is 4.74 Å². The number of ether oxygens (including phenoxy) is 1. The van der Waals surface area contributed by atoms with Crippen LogP contribution in [0, 0.1) is 0 Å². The molecule has 20 heavy (non-hydrogen) atoms. The van der Waals surface area contributed by atoms with Crippen LogP contribution < -0.4 is 9.46 Å². The second-order valence-electron chi connectivity index (χ2n) is 4.11. The van der Waals surface area contributed by atoms with E-state index >= 15 is 0 Å². The van der Waals surface area contributed by atoms with Gasteiger partial charge in [-0.25, -0.2) is 18.1 Å². The second kappa shape index (κ2) is 6.49. The number of H-pyrrole nitrogens is 1. The van der Waals surface area contributed by atoms with Crippen LogP contribution in [-0.2, 0) is 16.4 Å². The topological polar surface area (TPSA) is 97.0 Å². The van der Waals surface area contributed by atoms with Gasteiger partial charge in [0.15, 0.2) is 0 Å². The minimum atomic E-state index is -3.51. The van der Waals surface area contributed by atoms with Crippen LogP contribution in [0.15, 0.2) is 35.5 Å².